The van der Waals surface area contributed by atoms with Crippen LogP contribution in [0.5, 0.6) is 0 Å². The largest absolute Gasteiger partial charge is 0.385 e. The van der Waals surface area contributed by atoms with E-state index in [1.807, 2.05) is 0 Å². The number of nitrogens with two attached hydrogens (primary N) is 1. The lowest BCUT2D eigenvalue weighted by Crippen LogP contribution is -2.12. The van der Waals surface area contributed by atoms with Crippen molar-refractivity contribution in [1.29, 1.82) is 0 Å². The van der Waals surface area contributed by atoms with Crippen LogP contribution in [0.1, 0.15) is 37.2 Å². The van der Waals surface area contributed by atoms with E-state index in [9.17, 15) is 0 Å². The van der Waals surface area contributed by atoms with Gasteiger partial charge < -0.3 is 15.5 Å². The molecule has 0 amide bonds. The Labute approximate surface area is 108 Å². The molecule has 2 rings (SSSR count). The van der Waals surface area contributed by atoms with E-state index in [0.29, 0.717) is 0 Å². The molecule has 4 nitrogen and oxygen atoms in total. The third-order valence-electron chi connectivity index (χ3n) is 3.19. The number of methoxy groups -OCH3 is 1. The van der Waals surface area contributed by atoms with Crippen molar-refractivity contribution < 1.29 is 4.74 Å². The van der Waals surface area contributed by atoms with E-state index < -0.39 is 0 Å². The molecule has 0 fully saturated rings. The molecule has 0 aliphatic heterocycles. The number of nitrogens with one attached hydrogen (secondary N) is 1. The number of H-pyrrole nitrogens is 1. The topological polar surface area (TPSA) is 63.9 Å². The van der Waals surface area contributed by atoms with Crippen molar-refractivity contribution >= 4 is 11.0 Å². The van der Waals surface area contributed by atoms with Crippen LogP contribution >= 0.6 is 0 Å². The molecule has 0 aliphatic carbocycles. The predicted molar refractivity (Wildman–Crippen MR) is 73.5 cm³/mol. The molecule has 0 radical (unpaired) electrons. The van der Waals surface area contributed by atoms with E-state index in [2.05, 4.69) is 35.1 Å². The van der Waals surface area contributed by atoms with E-state index in [1.54, 1.807) is 7.11 Å². The zero-order valence-corrected chi connectivity index (χ0v) is 11.1. The van der Waals surface area contributed by atoms with Gasteiger partial charge in [0.15, 0.2) is 0 Å². The fourth-order valence-electron chi connectivity index (χ4n) is 2.06. The first-order chi connectivity index (χ1) is 8.74. The van der Waals surface area contributed by atoms with Gasteiger partial charge in [0.05, 0.1) is 17.1 Å². The van der Waals surface area contributed by atoms with Crippen LogP contribution in [0.3, 0.4) is 0 Å². The summed E-state index contributed by atoms with van der Waals surface area (Å²) in [5.41, 5.74) is 9.50. The average molecular weight is 247 g/mol. The van der Waals surface area contributed by atoms with Crippen molar-refractivity contribution in [3.8, 4) is 0 Å². The molecule has 0 spiro atoms. The second-order valence-corrected chi connectivity index (χ2v) is 4.57. The van der Waals surface area contributed by atoms with Crippen molar-refractivity contribution in [1.82, 2.24) is 9.97 Å². The van der Waals surface area contributed by atoms with Gasteiger partial charge in [0.2, 0.25) is 0 Å². The monoisotopic (exact) mass is 247 g/mol. The lowest BCUT2D eigenvalue weighted by molar-refractivity contribution is 0.190. The lowest BCUT2D eigenvalue weighted by Gasteiger charge is -2.07. The van der Waals surface area contributed by atoms with E-state index in [4.69, 9.17) is 10.5 Å². The van der Waals surface area contributed by atoms with Crippen molar-refractivity contribution in [2.24, 2.45) is 5.73 Å². The number of benzene rings is 1. The molecule has 18 heavy (non-hydrogen) atoms. The number of aryl methyl sites for hydroxylation is 1. The summed E-state index contributed by atoms with van der Waals surface area (Å²) in [4.78, 5) is 7.87. The molecule has 0 saturated heterocycles. The Balaban J connectivity index is 2.13. The van der Waals surface area contributed by atoms with E-state index in [-0.39, 0.29) is 6.04 Å². The van der Waals surface area contributed by atoms with Crippen LogP contribution in [-0.2, 0) is 11.2 Å². The van der Waals surface area contributed by atoms with Gasteiger partial charge in [0.25, 0.3) is 0 Å². The summed E-state index contributed by atoms with van der Waals surface area (Å²) in [6, 6.07) is 6.27. The minimum absolute atomic E-state index is 0.0439. The number of aromatic amines is 1. The number of imidazole rings is 1. The van der Waals surface area contributed by atoms with E-state index in [0.717, 1.165) is 42.7 Å². The maximum atomic E-state index is 6.12. The normalized spacial score (nSPS) is 13.1. The fourth-order valence-corrected chi connectivity index (χ4v) is 2.06. The molecule has 1 heterocycles. The van der Waals surface area contributed by atoms with Crippen LogP contribution in [0.15, 0.2) is 18.2 Å². The minimum Gasteiger partial charge on any atom is -0.385 e. The summed E-state index contributed by atoms with van der Waals surface area (Å²) >= 11 is 0. The van der Waals surface area contributed by atoms with Gasteiger partial charge in [-0.05, 0) is 37.0 Å². The van der Waals surface area contributed by atoms with Gasteiger partial charge in [-0.1, -0.05) is 13.0 Å². The maximum Gasteiger partial charge on any atom is 0.124 e. The highest BCUT2D eigenvalue weighted by Gasteiger charge is 2.11. The van der Waals surface area contributed by atoms with Gasteiger partial charge in [-0.25, -0.2) is 4.98 Å². The quantitative estimate of drug-likeness (QED) is 0.771. The minimum atomic E-state index is -0.0439. The number of hydrogen-bond donors (Lipinski definition) is 2. The van der Waals surface area contributed by atoms with Crippen LogP contribution in [0, 0.1) is 0 Å². The van der Waals surface area contributed by atoms with E-state index in [1.165, 1.54) is 5.56 Å². The third kappa shape index (κ3) is 2.89. The van der Waals surface area contributed by atoms with Gasteiger partial charge in [-0.15, -0.1) is 0 Å². The Morgan fingerprint density at radius 2 is 2.28 bits per heavy atom. The summed E-state index contributed by atoms with van der Waals surface area (Å²) < 4.78 is 5.03. The first kappa shape index (κ1) is 13.1. The Morgan fingerprint density at radius 3 is 3.00 bits per heavy atom. The van der Waals surface area contributed by atoms with Crippen molar-refractivity contribution in [2.45, 2.75) is 32.2 Å². The summed E-state index contributed by atoms with van der Waals surface area (Å²) in [6.07, 6.45) is 2.87. The molecule has 0 bridgehead atoms. The van der Waals surface area contributed by atoms with Crippen LogP contribution in [0.2, 0.25) is 0 Å². The highest BCUT2D eigenvalue weighted by atomic mass is 16.5. The molecule has 0 saturated carbocycles. The first-order valence-electron chi connectivity index (χ1n) is 6.47. The molecular weight excluding hydrogens is 226 g/mol. The van der Waals surface area contributed by atoms with Crippen molar-refractivity contribution in [2.75, 3.05) is 13.7 Å². The van der Waals surface area contributed by atoms with Gasteiger partial charge in [0.1, 0.15) is 5.82 Å². The molecule has 1 aromatic carbocycles. The van der Waals surface area contributed by atoms with Gasteiger partial charge in [-0.3, -0.25) is 0 Å². The predicted octanol–water partition coefficient (Wildman–Crippen LogP) is 2.55. The molecule has 0 aliphatic rings. The summed E-state index contributed by atoms with van der Waals surface area (Å²) in [5.74, 6) is 0.870. The Kier molecular flexibility index (Phi) is 4.33. The molecule has 2 aromatic rings. The smallest absolute Gasteiger partial charge is 0.124 e. The Hall–Kier alpha value is -1.39. The standard InChI is InChI=1S/C14H21N3O/c1-3-10-6-7-12-13(9-10)17-14(16-12)11(15)5-4-8-18-2/h6-7,9,11H,3-5,8,15H2,1-2H3,(H,16,17). The molecule has 1 aromatic heterocycles. The van der Waals surface area contributed by atoms with Crippen LogP contribution in [0.4, 0.5) is 0 Å². The molecular formula is C14H21N3O. The SMILES string of the molecule is CCc1ccc2nc(C(N)CCCOC)[nH]c2c1. The zero-order valence-electron chi connectivity index (χ0n) is 11.1. The van der Waals surface area contributed by atoms with Gasteiger partial charge in [0, 0.05) is 13.7 Å². The lowest BCUT2D eigenvalue weighted by atomic mass is 10.1. The van der Waals surface area contributed by atoms with Gasteiger partial charge in [-0.2, -0.15) is 0 Å². The zero-order chi connectivity index (χ0) is 13.0. The summed E-state index contributed by atoms with van der Waals surface area (Å²) in [6.45, 7) is 2.89. The molecule has 1 atom stereocenters. The fraction of sp³-hybridized carbons (Fsp3) is 0.500. The number of nitrogens with zero attached hydrogens (tertiary/aromatic N) is 1. The van der Waals surface area contributed by atoms with Gasteiger partial charge >= 0.3 is 0 Å². The second-order valence-electron chi connectivity index (χ2n) is 4.57. The number of fused-ring (bicyclic) bond motifs is 1. The summed E-state index contributed by atoms with van der Waals surface area (Å²) in [5, 5.41) is 0. The highest BCUT2D eigenvalue weighted by molar-refractivity contribution is 5.75. The van der Waals surface area contributed by atoms with E-state index >= 15 is 0 Å². The highest BCUT2D eigenvalue weighted by Crippen LogP contribution is 2.19. The Morgan fingerprint density at radius 1 is 1.44 bits per heavy atom. The van der Waals surface area contributed by atoms with Crippen LogP contribution in [-0.4, -0.2) is 23.7 Å². The molecule has 3 N–H and O–H groups in total. The number of rotatable bonds is 6. The average Bonchev–Trinajstić information content (AvgIpc) is 2.81. The molecule has 98 valence electrons. The second kappa shape index (κ2) is 5.98. The third-order valence-corrected chi connectivity index (χ3v) is 3.19. The van der Waals surface area contributed by atoms with Crippen LogP contribution < -0.4 is 5.73 Å². The van der Waals surface area contributed by atoms with Crippen molar-refractivity contribution in [3.05, 3.63) is 29.6 Å². The van der Waals surface area contributed by atoms with Crippen molar-refractivity contribution in [3.63, 3.8) is 0 Å². The molecule has 4 heteroatoms. The maximum absolute atomic E-state index is 6.12. The Bertz CT molecular complexity index is 507. The summed E-state index contributed by atoms with van der Waals surface area (Å²) in [7, 11) is 1.71. The number of ether oxygens (including phenoxy) is 1. The molecule has 1 unspecified atom stereocenters. The number of hydrogen-bond acceptors (Lipinski definition) is 3. The number of aromatic nitrogens is 2. The first-order valence-corrected chi connectivity index (χ1v) is 6.47. The van der Waals surface area contributed by atoms with Crippen LogP contribution in [0.25, 0.3) is 11.0 Å².